The Morgan fingerprint density at radius 3 is 1.25 bits per heavy atom. The standard InChI is InChI=1S/C36H24N2S2/c39-27-15-17-35-31(21-27)29-11-1-3-13-33(29)37(35)25-9-5-7-23(19-25)24-8-6-10-26(20-24)38-34-14-4-2-12-30(34)32-22-28(40)16-18-36(32)38/h1-22,39-40H. The second kappa shape index (κ2) is 9.09. The number of rotatable bonds is 3. The molecule has 190 valence electrons. The van der Waals surface area contributed by atoms with Crippen LogP contribution in [0.3, 0.4) is 0 Å². The summed E-state index contributed by atoms with van der Waals surface area (Å²) in [6, 6.07) is 47.6. The molecular weight excluding hydrogens is 525 g/mol. The third-order valence-corrected chi connectivity index (χ3v) is 8.41. The lowest BCUT2D eigenvalue weighted by molar-refractivity contribution is 1.17. The molecule has 2 heterocycles. The monoisotopic (exact) mass is 548 g/mol. The molecule has 40 heavy (non-hydrogen) atoms. The molecule has 0 fully saturated rings. The van der Waals surface area contributed by atoms with Crippen LogP contribution < -0.4 is 0 Å². The summed E-state index contributed by atoms with van der Waals surface area (Å²) in [5.74, 6) is 0. The van der Waals surface area contributed by atoms with Crippen molar-refractivity contribution in [3.8, 4) is 22.5 Å². The summed E-state index contributed by atoms with van der Waals surface area (Å²) in [6.07, 6.45) is 0. The smallest absolute Gasteiger partial charge is 0.0541 e. The Morgan fingerprint density at radius 1 is 0.350 bits per heavy atom. The minimum absolute atomic E-state index is 0.969. The van der Waals surface area contributed by atoms with Crippen LogP contribution in [-0.4, -0.2) is 9.13 Å². The van der Waals surface area contributed by atoms with Crippen molar-refractivity contribution in [3.05, 3.63) is 133 Å². The van der Waals surface area contributed by atoms with E-state index in [2.05, 4.69) is 168 Å². The summed E-state index contributed by atoms with van der Waals surface area (Å²) in [5.41, 5.74) is 9.37. The summed E-state index contributed by atoms with van der Waals surface area (Å²) in [4.78, 5) is 1.94. The highest BCUT2D eigenvalue weighted by atomic mass is 32.1. The highest BCUT2D eigenvalue weighted by Gasteiger charge is 2.15. The van der Waals surface area contributed by atoms with Gasteiger partial charge in [0, 0.05) is 42.7 Å². The van der Waals surface area contributed by atoms with Crippen LogP contribution in [-0.2, 0) is 0 Å². The molecule has 0 atom stereocenters. The fraction of sp³-hybridized carbons (Fsp3) is 0. The molecule has 2 aromatic heterocycles. The molecule has 0 aliphatic heterocycles. The van der Waals surface area contributed by atoms with Gasteiger partial charge in [0.05, 0.1) is 22.1 Å². The van der Waals surface area contributed by atoms with Gasteiger partial charge in [-0.15, -0.1) is 25.3 Å². The molecule has 2 nitrogen and oxygen atoms in total. The van der Waals surface area contributed by atoms with Crippen LogP contribution in [0.2, 0.25) is 0 Å². The predicted molar refractivity (Wildman–Crippen MR) is 175 cm³/mol. The van der Waals surface area contributed by atoms with Crippen molar-refractivity contribution in [2.75, 3.05) is 0 Å². The number of benzene rings is 6. The van der Waals surface area contributed by atoms with Crippen LogP contribution in [0.15, 0.2) is 143 Å². The molecular formula is C36H24N2S2. The van der Waals surface area contributed by atoms with E-state index in [1.165, 1.54) is 54.7 Å². The van der Waals surface area contributed by atoms with E-state index in [0.717, 1.165) is 21.2 Å². The van der Waals surface area contributed by atoms with E-state index in [0.29, 0.717) is 0 Å². The zero-order chi connectivity index (χ0) is 26.8. The maximum absolute atomic E-state index is 4.62. The first-order valence-electron chi connectivity index (χ1n) is 13.3. The third-order valence-electron chi connectivity index (χ3n) is 7.85. The maximum atomic E-state index is 4.62. The molecule has 0 spiro atoms. The van der Waals surface area contributed by atoms with Crippen molar-refractivity contribution in [1.82, 2.24) is 9.13 Å². The summed E-state index contributed by atoms with van der Waals surface area (Å²) in [5, 5.41) is 4.89. The predicted octanol–water partition coefficient (Wildman–Crippen LogP) is 10.1. The SMILES string of the molecule is Sc1ccc2c(c1)c1ccccc1n2-c1cccc(-c2cccc(-n3c4ccccc4c4cc(S)ccc43)c2)c1. The second-order valence-electron chi connectivity index (χ2n) is 10.2. The lowest BCUT2D eigenvalue weighted by atomic mass is 10.0. The fourth-order valence-electron chi connectivity index (χ4n) is 6.13. The molecule has 0 unspecified atom stereocenters. The van der Waals surface area contributed by atoms with Crippen molar-refractivity contribution in [1.29, 1.82) is 0 Å². The van der Waals surface area contributed by atoms with Crippen LogP contribution in [0.5, 0.6) is 0 Å². The van der Waals surface area contributed by atoms with Crippen molar-refractivity contribution < 1.29 is 0 Å². The van der Waals surface area contributed by atoms with Gasteiger partial charge in [-0.05, 0) is 83.9 Å². The second-order valence-corrected chi connectivity index (χ2v) is 11.2. The highest BCUT2D eigenvalue weighted by molar-refractivity contribution is 7.80. The van der Waals surface area contributed by atoms with E-state index >= 15 is 0 Å². The van der Waals surface area contributed by atoms with Gasteiger partial charge in [-0.2, -0.15) is 0 Å². The van der Waals surface area contributed by atoms with Gasteiger partial charge in [0.1, 0.15) is 0 Å². The third kappa shape index (κ3) is 3.60. The largest absolute Gasteiger partial charge is 0.309 e. The van der Waals surface area contributed by atoms with E-state index < -0.39 is 0 Å². The number of nitrogens with zero attached hydrogens (tertiary/aromatic N) is 2. The van der Waals surface area contributed by atoms with Crippen molar-refractivity contribution in [3.63, 3.8) is 0 Å². The highest BCUT2D eigenvalue weighted by Crippen LogP contribution is 2.36. The molecule has 0 amide bonds. The first-order valence-corrected chi connectivity index (χ1v) is 14.2. The summed E-state index contributed by atoms with van der Waals surface area (Å²) in [6.45, 7) is 0. The topological polar surface area (TPSA) is 9.86 Å². The lowest BCUT2D eigenvalue weighted by Crippen LogP contribution is -1.96. The van der Waals surface area contributed by atoms with Gasteiger partial charge in [0.25, 0.3) is 0 Å². The number of hydrogen-bond acceptors (Lipinski definition) is 2. The molecule has 8 aromatic rings. The molecule has 4 heteroatoms. The number of fused-ring (bicyclic) bond motifs is 6. The average Bonchev–Trinajstić information content (AvgIpc) is 3.49. The molecule has 0 aliphatic rings. The van der Waals surface area contributed by atoms with Crippen LogP contribution in [0.4, 0.5) is 0 Å². The van der Waals surface area contributed by atoms with Gasteiger partial charge < -0.3 is 9.13 Å². The molecule has 8 rings (SSSR count). The van der Waals surface area contributed by atoms with Gasteiger partial charge in [-0.1, -0.05) is 60.7 Å². The zero-order valence-corrected chi connectivity index (χ0v) is 23.3. The van der Waals surface area contributed by atoms with Crippen LogP contribution in [0.1, 0.15) is 0 Å². The molecule has 0 saturated carbocycles. The first-order chi connectivity index (χ1) is 19.7. The average molecular weight is 549 g/mol. The molecule has 0 aliphatic carbocycles. The van der Waals surface area contributed by atoms with E-state index in [1.54, 1.807) is 0 Å². The Balaban J connectivity index is 1.31. The van der Waals surface area contributed by atoms with Crippen LogP contribution in [0, 0.1) is 0 Å². The first kappa shape index (κ1) is 23.5. The Hall–Kier alpha value is -4.38. The zero-order valence-electron chi connectivity index (χ0n) is 21.5. The Morgan fingerprint density at radius 2 is 0.775 bits per heavy atom. The van der Waals surface area contributed by atoms with Crippen molar-refractivity contribution in [2.45, 2.75) is 9.79 Å². The Labute approximate surface area is 242 Å². The van der Waals surface area contributed by atoms with E-state index in [1.807, 2.05) is 0 Å². The van der Waals surface area contributed by atoms with E-state index in [-0.39, 0.29) is 0 Å². The molecule has 0 N–H and O–H groups in total. The molecule has 0 saturated heterocycles. The fourth-order valence-corrected chi connectivity index (χ4v) is 6.53. The minimum atomic E-state index is 0.969. The number of para-hydroxylation sites is 2. The van der Waals surface area contributed by atoms with E-state index in [9.17, 15) is 0 Å². The molecule has 0 bridgehead atoms. The Bertz CT molecular complexity index is 2090. The number of thiol groups is 2. The minimum Gasteiger partial charge on any atom is -0.309 e. The summed E-state index contributed by atoms with van der Waals surface area (Å²) >= 11 is 9.23. The quantitative estimate of drug-likeness (QED) is 0.203. The van der Waals surface area contributed by atoms with E-state index in [4.69, 9.17) is 0 Å². The van der Waals surface area contributed by atoms with Gasteiger partial charge in [0.2, 0.25) is 0 Å². The normalized spacial score (nSPS) is 11.8. The van der Waals surface area contributed by atoms with Gasteiger partial charge in [0.15, 0.2) is 0 Å². The summed E-state index contributed by atoms with van der Waals surface area (Å²) in [7, 11) is 0. The maximum Gasteiger partial charge on any atom is 0.0541 e. The van der Waals surface area contributed by atoms with Crippen molar-refractivity contribution in [2.24, 2.45) is 0 Å². The van der Waals surface area contributed by atoms with Crippen LogP contribution >= 0.6 is 25.3 Å². The number of aromatic nitrogens is 2. The van der Waals surface area contributed by atoms with Crippen molar-refractivity contribution >= 4 is 68.9 Å². The molecule has 6 aromatic carbocycles. The van der Waals surface area contributed by atoms with Gasteiger partial charge in [-0.25, -0.2) is 0 Å². The lowest BCUT2D eigenvalue weighted by Gasteiger charge is -2.13. The van der Waals surface area contributed by atoms with Crippen LogP contribution in [0.25, 0.3) is 66.1 Å². The van der Waals surface area contributed by atoms with Gasteiger partial charge >= 0.3 is 0 Å². The number of hydrogen-bond donors (Lipinski definition) is 2. The van der Waals surface area contributed by atoms with Gasteiger partial charge in [-0.3, -0.25) is 0 Å². The Kier molecular flexibility index (Phi) is 5.34. The molecule has 0 radical (unpaired) electrons. The summed E-state index contributed by atoms with van der Waals surface area (Å²) < 4.78 is 4.71.